The highest BCUT2D eigenvalue weighted by molar-refractivity contribution is 9.10. The van der Waals surface area contributed by atoms with Crippen LogP contribution in [0.1, 0.15) is 54.4 Å². The monoisotopic (exact) mass is 553 g/mol. The minimum atomic E-state index is -0.638. The van der Waals surface area contributed by atoms with Crippen LogP contribution < -0.4 is 10.4 Å². The van der Waals surface area contributed by atoms with E-state index in [-0.39, 0.29) is 18.2 Å². The van der Waals surface area contributed by atoms with E-state index in [4.69, 9.17) is 9.15 Å². The lowest BCUT2D eigenvalue weighted by molar-refractivity contribution is -0.142. The van der Waals surface area contributed by atoms with Crippen molar-refractivity contribution in [3.05, 3.63) is 73.5 Å². The molecule has 1 saturated heterocycles. The summed E-state index contributed by atoms with van der Waals surface area (Å²) in [7, 11) is 0. The third-order valence-corrected chi connectivity index (χ3v) is 8.54. The van der Waals surface area contributed by atoms with Gasteiger partial charge in [-0.3, -0.25) is 4.79 Å². The van der Waals surface area contributed by atoms with Crippen molar-refractivity contribution < 1.29 is 19.1 Å². The van der Waals surface area contributed by atoms with Crippen LogP contribution in [0.2, 0.25) is 0 Å². The number of fused-ring (bicyclic) bond motifs is 2. The van der Waals surface area contributed by atoms with Crippen molar-refractivity contribution in [3.63, 3.8) is 0 Å². The van der Waals surface area contributed by atoms with Gasteiger partial charge in [-0.1, -0.05) is 40.9 Å². The molecule has 0 spiro atoms. The number of halogens is 1. The van der Waals surface area contributed by atoms with Crippen LogP contribution in [0.4, 0.5) is 0 Å². The van der Waals surface area contributed by atoms with Crippen molar-refractivity contribution in [3.8, 4) is 5.75 Å². The van der Waals surface area contributed by atoms with Gasteiger partial charge in [0.1, 0.15) is 17.9 Å². The van der Waals surface area contributed by atoms with E-state index < -0.39 is 11.2 Å². The molecule has 2 fully saturated rings. The highest BCUT2D eigenvalue weighted by Crippen LogP contribution is 2.40. The van der Waals surface area contributed by atoms with Crippen molar-refractivity contribution in [1.82, 2.24) is 4.90 Å². The Bertz CT molecular complexity index is 1370. The molecule has 5 rings (SSSR count). The predicted molar refractivity (Wildman–Crippen MR) is 142 cm³/mol. The molecule has 0 radical (unpaired) electrons. The number of hydrogen-bond acceptors (Lipinski definition) is 5. The minimum Gasteiger partial charge on any atom is -0.488 e. The lowest BCUT2D eigenvalue weighted by atomic mass is 9.71. The van der Waals surface area contributed by atoms with Crippen LogP contribution in [0.25, 0.3) is 11.0 Å². The highest BCUT2D eigenvalue weighted by Gasteiger charge is 2.43. The Balaban J connectivity index is 1.35. The number of piperidine rings is 1. The first-order valence-corrected chi connectivity index (χ1v) is 13.5. The molecular weight excluding hydrogens is 522 g/mol. The first-order valence-electron chi connectivity index (χ1n) is 12.7. The van der Waals surface area contributed by atoms with Gasteiger partial charge < -0.3 is 19.2 Å². The Morgan fingerprint density at radius 1 is 1.19 bits per heavy atom. The quantitative estimate of drug-likeness (QED) is 0.425. The summed E-state index contributed by atoms with van der Waals surface area (Å²) in [5.74, 6) is 0.696. The van der Waals surface area contributed by atoms with Crippen molar-refractivity contribution in [2.24, 2.45) is 5.92 Å². The maximum atomic E-state index is 13.2. The van der Waals surface area contributed by atoms with E-state index in [1.54, 1.807) is 0 Å². The highest BCUT2D eigenvalue weighted by atomic mass is 79.9. The molecule has 1 aliphatic carbocycles. The lowest BCUT2D eigenvalue weighted by Crippen LogP contribution is -2.55. The molecule has 2 aromatic carbocycles. The summed E-state index contributed by atoms with van der Waals surface area (Å²) in [5, 5.41) is 11.7. The number of aryl methyl sites for hydroxylation is 2. The van der Waals surface area contributed by atoms with E-state index in [0.29, 0.717) is 43.0 Å². The summed E-state index contributed by atoms with van der Waals surface area (Å²) in [6.07, 6.45) is 4.53. The fourth-order valence-corrected chi connectivity index (χ4v) is 6.23. The molecule has 2 aliphatic rings. The lowest BCUT2D eigenvalue weighted by Gasteiger charge is -2.47. The standard InChI is InChI=1S/C29H32BrNO5/c1-18-23-9-10-25(35-17-20-6-5-8-22(30)14-20)19(2)27(23)36-28(33)24(18)15-26(32)31-13-12-29(34)11-4-3-7-21(29)16-31/h5-6,8-10,14,21,34H,3-4,7,11-13,15-17H2,1-2H3/t21-,29-/m0/s1. The average Bonchev–Trinajstić information content (AvgIpc) is 2.86. The Labute approximate surface area is 219 Å². The molecule has 1 aromatic heterocycles. The van der Waals surface area contributed by atoms with E-state index in [9.17, 15) is 14.7 Å². The van der Waals surface area contributed by atoms with Crippen LogP contribution in [0.15, 0.2) is 50.1 Å². The summed E-state index contributed by atoms with van der Waals surface area (Å²) in [4.78, 5) is 28.0. The van der Waals surface area contributed by atoms with Gasteiger partial charge in [0.15, 0.2) is 0 Å². The number of carbonyl (C=O) groups excluding carboxylic acids is 1. The third-order valence-electron chi connectivity index (χ3n) is 8.05. The van der Waals surface area contributed by atoms with Crippen molar-refractivity contribution in [1.29, 1.82) is 0 Å². The Morgan fingerprint density at radius 2 is 2.03 bits per heavy atom. The second-order valence-corrected chi connectivity index (χ2v) is 11.2. The van der Waals surface area contributed by atoms with E-state index in [0.717, 1.165) is 52.2 Å². The third kappa shape index (κ3) is 4.83. The molecule has 2 atom stereocenters. The van der Waals surface area contributed by atoms with Crippen LogP contribution in [-0.2, 0) is 17.8 Å². The molecule has 0 unspecified atom stereocenters. The topological polar surface area (TPSA) is 80.0 Å². The molecule has 2 heterocycles. The Morgan fingerprint density at radius 3 is 2.83 bits per heavy atom. The van der Waals surface area contributed by atoms with Crippen molar-refractivity contribution in [2.75, 3.05) is 13.1 Å². The van der Waals surface area contributed by atoms with Crippen LogP contribution >= 0.6 is 15.9 Å². The normalized spacial score (nSPS) is 21.9. The Kier molecular flexibility index (Phi) is 6.97. The molecule has 36 heavy (non-hydrogen) atoms. The van der Waals surface area contributed by atoms with Gasteiger partial charge >= 0.3 is 5.63 Å². The molecule has 7 heteroatoms. The van der Waals surface area contributed by atoms with Gasteiger partial charge in [-0.05, 0) is 68.5 Å². The maximum absolute atomic E-state index is 13.2. The van der Waals surface area contributed by atoms with Gasteiger partial charge in [0.25, 0.3) is 0 Å². The fourth-order valence-electron chi connectivity index (χ4n) is 5.78. The Hall–Kier alpha value is -2.64. The summed E-state index contributed by atoms with van der Waals surface area (Å²) in [6, 6.07) is 11.7. The van der Waals surface area contributed by atoms with E-state index in [2.05, 4.69) is 15.9 Å². The summed E-state index contributed by atoms with van der Waals surface area (Å²) in [5.41, 5.74) is 2.33. The number of benzene rings is 2. The molecule has 6 nitrogen and oxygen atoms in total. The van der Waals surface area contributed by atoms with Crippen LogP contribution in [0.3, 0.4) is 0 Å². The van der Waals surface area contributed by atoms with Gasteiger partial charge in [-0.25, -0.2) is 4.79 Å². The number of nitrogens with zero attached hydrogens (tertiary/aromatic N) is 1. The first kappa shape index (κ1) is 25.0. The molecule has 3 aromatic rings. The van der Waals surface area contributed by atoms with Crippen LogP contribution in [-0.4, -0.2) is 34.6 Å². The summed E-state index contributed by atoms with van der Waals surface area (Å²) >= 11 is 3.47. The van der Waals surface area contributed by atoms with Gasteiger partial charge in [0.2, 0.25) is 5.91 Å². The van der Waals surface area contributed by atoms with Crippen LogP contribution in [0, 0.1) is 19.8 Å². The second kappa shape index (κ2) is 10.0. The summed E-state index contributed by atoms with van der Waals surface area (Å²) in [6.45, 7) is 5.24. The zero-order valence-corrected chi connectivity index (χ0v) is 22.4. The number of likely N-dealkylation sites (tertiary alicyclic amines) is 1. The largest absolute Gasteiger partial charge is 0.488 e. The number of carbonyl (C=O) groups is 1. The zero-order chi connectivity index (χ0) is 25.4. The molecule has 1 aliphatic heterocycles. The van der Waals surface area contributed by atoms with Gasteiger partial charge in [-0.2, -0.15) is 0 Å². The number of aliphatic hydroxyl groups is 1. The molecular formula is C29H32BrNO5. The molecule has 190 valence electrons. The molecule has 1 N–H and O–H groups in total. The van der Waals surface area contributed by atoms with Crippen molar-refractivity contribution >= 4 is 32.8 Å². The van der Waals surface area contributed by atoms with Gasteiger partial charge in [-0.15, -0.1) is 0 Å². The maximum Gasteiger partial charge on any atom is 0.340 e. The average molecular weight is 554 g/mol. The van der Waals surface area contributed by atoms with E-state index in [1.807, 2.05) is 55.1 Å². The predicted octanol–water partition coefficient (Wildman–Crippen LogP) is 5.45. The van der Waals surface area contributed by atoms with Gasteiger partial charge in [0.05, 0.1) is 17.6 Å². The fraction of sp³-hybridized carbons (Fsp3) is 0.448. The number of hydrogen-bond donors (Lipinski definition) is 1. The van der Waals surface area contributed by atoms with Gasteiger partial charge in [0, 0.05) is 34.4 Å². The molecule has 0 bridgehead atoms. The second-order valence-electron chi connectivity index (χ2n) is 10.3. The zero-order valence-electron chi connectivity index (χ0n) is 20.8. The van der Waals surface area contributed by atoms with Crippen LogP contribution in [0.5, 0.6) is 5.75 Å². The van der Waals surface area contributed by atoms with E-state index >= 15 is 0 Å². The number of ether oxygens (including phenoxy) is 1. The molecule has 1 saturated carbocycles. The van der Waals surface area contributed by atoms with Crippen molar-refractivity contribution in [2.45, 2.75) is 64.6 Å². The smallest absolute Gasteiger partial charge is 0.340 e. The summed E-state index contributed by atoms with van der Waals surface area (Å²) < 4.78 is 12.8. The number of rotatable bonds is 5. The molecule has 1 amide bonds. The minimum absolute atomic E-state index is 0.00936. The number of amides is 1. The van der Waals surface area contributed by atoms with E-state index in [1.165, 1.54) is 0 Å². The first-order chi connectivity index (χ1) is 17.2. The SMILES string of the molecule is Cc1c(CC(=O)N2CC[C@@]3(O)CCCC[C@H]3C2)c(=O)oc2c(C)c(OCc3cccc(Br)c3)ccc12.